The van der Waals surface area contributed by atoms with Gasteiger partial charge in [0.1, 0.15) is 11.8 Å². The van der Waals surface area contributed by atoms with Crippen molar-refractivity contribution in [3.8, 4) is 5.75 Å². The quantitative estimate of drug-likeness (QED) is 0.552. The Morgan fingerprint density at radius 1 is 1.13 bits per heavy atom. The molecule has 0 heterocycles. The minimum absolute atomic E-state index is 0.161. The highest BCUT2D eigenvalue weighted by Gasteiger charge is 2.29. The molecule has 0 unspecified atom stereocenters. The number of nitrogens with one attached hydrogen (secondary N) is 1. The van der Waals surface area contributed by atoms with Crippen LogP contribution in [0.5, 0.6) is 5.75 Å². The molecule has 0 aliphatic heterocycles. The molecule has 5 nitrogen and oxygen atoms in total. The maximum Gasteiger partial charge on any atom is 0.261 e. The summed E-state index contributed by atoms with van der Waals surface area (Å²) in [7, 11) is 0. The van der Waals surface area contributed by atoms with E-state index < -0.39 is 6.04 Å². The number of rotatable bonds is 10. The van der Waals surface area contributed by atoms with Crippen LogP contribution in [0.3, 0.4) is 0 Å². The Bertz CT molecular complexity index is 873. The second-order valence-electron chi connectivity index (χ2n) is 7.03. The summed E-state index contributed by atoms with van der Waals surface area (Å²) in [5, 5.41) is 3.71. The molecule has 2 aromatic rings. The van der Waals surface area contributed by atoms with Crippen molar-refractivity contribution in [2.75, 3.05) is 13.2 Å². The molecule has 2 rings (SSSR count). The van der Waals surface area contributed by atoms with Crippen molar-refractivity contribution in [2.24, 2.45) is 0 Å². The smallest absolute Gasteiger partial charge is 0.261 e. The Labute approximate surface area is 188 Å². The molecule has 2 aromatic carbocycles. The van der Waals surface area contributed by atoms with E-state index in [1.165, 1.54) is 0 Å². The summed E-state index contributed by atoms with van der Waals surface area (Å²) in [5.41, 5.74) is 2.04. The molecule has 0 radical (unpaired) electrons. The summed E-state index contributed by atoms with van der Waals surface area (Å²) in [4.78, 5) is 27.5. The molecule has 0 spiro atoms. The first-order chi connectivity index (χ1) is 14.4. The third-order valence-electron chi connectivity index (χ3n) is 4.78. The zero-order valence-electron chi connectivity index (χ0n) is 17.6. The van der Waals surface area contributed by atoms with Gasteiger partial charge in [0.05, 0.1) is 5.02 Å². The Morgan fingerprint density at radius 3 is 2.50 bits per heavy atom. The van der Waals surface area contributed by atoms with E-state index in [1.807, 2.05) is 45.0 Å². The van der Waals surface area contributed by atoms with Crippen molar-refractivity contribution in [2.45, 2.75) is 46.2 Å². The third kappa shape index (κ3) is 6.64. The van der Waals surface area contributed by atoms with Crippen LogP contribution in [0.25, 0.3) is 0 Å². The first-order valence-corrected chi connectivity index (χ1v) is 10.8. The number of carbonyl (C=O) groups is 2. The molecule has 0 fully saturated rings. The van der Waals surface area contributed by atoms with E-state index in [2.05, 4.69) is 5.32 Å². The Morgan fingerprint density at radius 2 is 1.87 bits per heavy atom. The van der Waals surface area contributed by atoms with E-state index in [0.717, 1.165) is 17.5 Å². The van der Waals surface area contributed by atoms with Crippen molar-refractivity contribution in [1.29, 1.82) is 0 Å². The molecule has 0 aromatic heterocycles. The van der Waals surface area contributed by atoms with Gasteiger partial charge in [-0.15, -0.1) is 0 Å². The lowest BCUT2D eigenvalue weighted by Gasteiger charge is -2.31. The van der Waals surface area contributed by atoms with Gasteiger partial charge in [-0.25, -0.2) is 0 Å². The van der Waals surface area contributed by atoms with Crippen LogP contribution in [0, 0.1) is 6.92 Å². The van der Waals surface area contributed by atoms with Gasteiger partial charge in [-0.3, -0.25) is 9.59 Å². The standard InChI is InChI=1S/C23H28Cl2N2O3/c1-4-12-26-23(29)20(5-2)27(14-17-9-7-6-8-16(17)3)22(28)15-30-21-11-10-18(24)13-19(21)25/h6-11,13,20H,4-5,12,14-15H2,1-3H3,(H,26,29)/t20-/m0/s1. The van der Waals surface area contributed by atoms with Crippen molar-refractivity contribution in [1.82, 2.24) is 10.2 Å². The predicted molar refractivity (Wildman–Crippen MR) is 121 cm³/mol. The highest BCUT2D eigenvalue weighted by molar-refractivity contribution is 6.35. The van der Waals surface area contributed by atoms with E-state index in [0.29, 0.717) is 35.3 Å². The molecule has 0 saturated carbocycles. The molecule has 30 heavy (non-hydrogen) atoms. The zero-order chi connectivity index (χ0) is 22.1. The van der Waals surface area contributed by atoms with E-state index in [-0.39, 0.29) is 18.4 Å². The SMILES string of the molecule is CCCNC(=O)[C@H](CC)N(Cc1ccccc1C)C(=O)COc1ccc(Cl)cc1Cl. The number of carbonyl (C=O) groups excluding carboxylic acids is 2. The van der Waals surface area contributed by atoms with E-state index >= 15 is 0 Å². The number of halogens is 2. The lowest BCUT2D eigenvalue weighted by atomic mass is 10.1. The van der Waals surface area contributed by atoms with Crippen LogP contribution in [0.2, 0.25) is 10.0 Å². The molecular formula is C23H28Cl2N2O3. The summed E-state index contributed by atoms with van der Waals surface area (Å²) in [6.45, 7) is 6.52. The van der Waals surface area contributed by atoms with E-state index in [9.17, 15) is 9.59 Å². The van der Waals surface area contributed by atoms with Gasteiger partial charge >= 0.3 is 0 Å². The minimum atomic E-state index is -0.590. The van der Waals surface area contributed by atoms with Gasteiger partial charge in [-0.1, -0.05) is 61.3 Å². The summed E-state index contributed by atoms with van der Waals surface area (Å²) in [6, 6.07) is 12.0. The lowest BCUT2D eigenvalue weighted by molar-refractivity contribution is -0.143. The topological polar surface area (TPSA) is 58.6 Å². The van der Waals surface area contributed by atoms with Crippen molar-refractivity contribution < 1.29 is 14.3 Å². The van der Waals surface area contributed by atoms with Gasteiger partial charge in [0.2, 0.25) is 5.91 Å². The molecule has 7 heteroatoms. The normalized spacial score (nSPS) is 11.6. The van der Waals surface area contributed by atoms with Gasteiger partial charge in [-0.05, 0) is 49.1 Å². The summed E-state index contributed by atoms with van der Waals surface area (Å²) in [5.74, 6) is -0.0812. The number of nitrogens with zero attached hydrogens (tertiary/aromatic N) is 1. The van der Waals surface area contributed by atoms with E-state index in [1.54, 1.807) is 23.1 Å². The highest BCUT2D eigenvalue weighted by Crippen LogP contribution is 2.27. The number of aryl methyl sites for hydroxylation is 1. The first-order valence-electron chi connectivity index (χ1n) is 10.1. The fourth-order valence-electron chi connectivity index (χ4n) is 3.07. The largest absolute Gasteiger partial charge is 0.482 e. The average Bonchev–Trinajstić information content (AvgIpc) is 2.72. The molecular weight excluding hydrogens is 423 g/mol. The number of amides is 2. The van der Waals surface area contributed by atoms with Crippen LogP contribution in [-0.2, 0) is 16.1 Å². The van der Waals surface area contributed by atoms with Gasteiger partial charge < -0.3 is 15.0 Å². The lowest BCUT2D eigenvalue weighted by Crippen LogP contribution is -2.50. The molecule has 162 valence electrons. The molecule has 1 N–H and O–H groups in total. The summed E-state index contributed by atoms with van der Waals surface area (Å²) >= 11 is 12.1. The molecule has 0 aliphatic rings. The fraction of sp³-hybridized carbons (Fsp3) is 0.391. The Balaban J connectivity index is 2.22. The number of hydrogen-bond acceptors (Lipinski definition) is 3. The monoisotopic (exact) mass is 450 g/mol. The number of benzene rings is 2. The van der Waals surface area contributed by atoms with Crippen LogP contribution < -0.4 is 10.1 Å². The van der Waals surface area contributed by atoms with E-state index in [4.69, 9.17) is 27.9 Å². The third-order valence-corrected chi connectivity index (χ3v) is 5.31. The summed E-state index contributed by atoms with van der Waals surface area (Å²) < 4.78 is 5.64. The van der Waals surface area contributed by atoms with Crippen LogP contribution >= 0.6 is 23.2 Å². The first kappa shape index (κ1) is 24.0. The van der Waals surface area contributed by atoms with Crippen LogP contribution in [0.1, 0.15) is 37.8 Å². The maximum atomic E-state index is 13.1. The van der Waals surface area contributed by atoms with Crippen molar-refractivity contribution >= 4 is 35.0 Å². The van der Waals surface area contributed by atoms with Crippen LogP contribution in [0.4, 0.5) is 0 Å². The zero-order valence-corrected chi connectivity index (χ0v) is 19.1. The molecule has 0 saturated heterocycles. The maximum absolute atomic E-state index is 13.1. The average molecular weight is 451 g/mol. The fourth-order valence-corrected chi connectivity index (χ4v) is 3.53. The van der Waals surface area contributed by atoms with Gasteiger partial charge in [0.25, 0.3) is 5.91 Å². The molecule has 1 atom stereocenters. The second kappa shape index (κ2) is 11.8. The Hall–Kier alpha value is -2.24. The highest BCUT2D eigenvalue weighted by atomic mass is 35.5. The van der Waals surface area contributed by atoms with Crippen LogP contribution in [0.15, 0.2) is 42.5 Å². The molecule has 0 aliphatic carbocycles. The Kier molecular flexibility index (Phi) is 9.47. The van der Waals surface area contributed by atoms with Gasteiger partial charge in [0.15, 0.2) is 6.61 Å². The summed E-state index contributed by atoms with van der Waals surface area (Å²) in [6.07, 6.45) is 1.32. The number of hydrogen-bond donors (Lipinski definition) is 1. The van der Waals surface area contributed by atoms with Gasteiger partial charge in [0, 0.05) is 18.1 Å². The molecule has 2 amide bonds. The van der Waals surface area contributed by atoms with Gasteiger partial charge in [-0.2, -0.15) is 0 Å². The molecule has 0 bridgehead atoms. The van der Waals surface area contributed by atoms with Crippen molar-refractivity contribution in [3.63, 3.8) is 0 Å². The second-order valence-corrected chi connectivity index (χ2v) is 7.87. The predicted octanol–water partition coefficient (Wildman–Crippen LogP) is 5.01. The van der Waals surface area contributed by atoms with Crippen LogP contribution in [-0.4, -0.2) is 35.9 Å². The van der Waals surface area contributed by atoms with Crippen molar-refractivity contribution in [3.05, 3.63) is 63.6 Å². The minimum Gasteiger partial charge on any atom is -0.482 e. The number of ether oxygens (including phenoxy) is 1.